The molecular formula is C18H19BrFN. The van der Waals surface area contributed by atoms with Crippen molar-refractivity contribution >= 4 is 27.2 Å². The molecule has 0 amide bonds. The number of anilines is 1. The van der Waals surface area contributed by atoms with Crippen molar-refractivity contribution in [2.45, 2.75) is 19.9 Å². The maximum Gasteiger partial charge on any atom is 0.123 e. The van der Waals surface area contributed by atoms with Crippen LogP contribution in [0.25, 0.3) is 5.57 Å². The molecule has 1 N–H and O–H groups in total. The standard InChI is InChI=1S/C16H13BrFN.C2H6/c17-10-12-9-16(11-5-7-13(18)8-6-11)19-15-4-2-1-3-14(12)15;1-2/h1-9,16,19H,10H2;1-2H3. The minimum Gasteiger partial charge on any atom is -0.374 e. The molecule has 1 aliphatic rings. The lowest BCUT2D eigenvalue weighted by Gasteiger charge is -2.26. The molecule has 0 saturated heterocycles. The van der Waals surface area contributed by atoms with Crippen molar-refractivity contribution in [3.8, 4) is 0 Å². The molecule has 0 fully saturated rings. The quantitative estimate of drug-likeness (QED) is 0.677. The van der Waals surface area contributed by atoms with Crippen LogP contribution in [-0.4, -0.2) is 5.33 Å². The number of benzene rings is 2. The molecule has 2 aromatic rings. The minimum absolute atomic E-state index is 0.0862. The fraction of sp³-hybridized carbons (Fsp3) is 0.222. The van der Waals surface area contributed by atoms with E-state index in [4.69, 9.17) is 0 Å². The Morgan fingerprint density at radius 3 is 2.38 bits per heavy atom. The molecule has 1 aliphatic heterocycles. The Bertz CT molecular complexity index is 619. The number of nitrogens with one attached hydrogen (secondary N) is 1. The van der Waals surface area contributed by atoms with E-state index in [0.29, 0.717) is 0 Å². The number of halogens is 2. The van der Waals surface area contributed by atoms with Crippen molar-refractivity contribution in [2.24, 2.45) is 0 Å². The molecule has 1 atom stereocenters. The molecule has 1 unspecified atom stereocenters. The summed E-state index contributed by atoms with van der Waals surface area (Å²) in [6, 6.07) is 15.0. The smallest absolute Gasteiger partial charge is 0.123 e. The van der Waals surface area contributed by atoms with E-state index in [1.807, 2.05) is 38.1 Å². The van der Waals surface area contributed by atoms with Crippen LogP contribution in [0.5, 0.6) is 0 Å². The van der Waals surface area contributed by atoms with Gasteiger partial charge in [0.1, 0.15) is 5.82 Å². The molecule has 21 heavy (non-hydrogen) atoms. The monoisotopic (exact) mass is 347 g/mol. The molecule has 1 heterocycles. The molecular weight excluding hydrogens is 329 g/mol. The summed E-state index contributed by atoms with van der Waals surface area (Å²) in [6.45, 7) is 4.00. The van der Waals surface area contributed by atoms with E-state index in [1.165, 1.54) is 23.3 Å². The molecule has 3 rings (SSSR count). The van der Waals surface area contributed by atoms with E-state index in [2.05, 4.69) is 39.5 Å². The van der Waals surface area contributed by atoms with Gasteiger partial charge in [0.05, 0.1) is 6.04 Å². The first-order chi connectivity index (χ1) is 10.3. The molecule has 0 saturated carbocycles. The Morgan fingerprint density at radius 2 is 1.71 bits per heavy atom. The summed E-state index contributed by atoms with van der Waals surface area (Å²) in [5, 5.41) is 4.29. The zero-order valence-electron chi connectivity index (χ0n) is 12.2. The molecule has 0 aromatic heterocycles. The van der Waals surface area contributed by atoms with Crippen molar-refractivity contribution in [2.75, 3.05) is 10.6 Å². The highest BCUT2D eigenvalue weighted by molar-refractivity contribution is 9.09. The molecule has 1 nitrogen and oxygen atoms in total. The Morgan fingerprint density at radius 1 is 1.05 bits per heavy atom. The number of alkyl halides is 1. The van der Waals surface area contributed by atoms with Crippen LogP contribution in [0.2, 0.25) is 0 Å². The second-order valence-corrected chi connectivity index (χ2v) is 5.11. The summed E-state index contributed by atoms with van der Waals surface area (Å²) < 4.78 is 13.0. The van der Waals surface area contributed by atoms with Crippen LogP contribution in [0.15, 0.2) is 54.6 Å². The number of hydrogen-bond acceptors (Lipinski definition) is 1. The van der Waals surface area contributed by atoms with Gasteiger partial charge in [-0.2, -0.15) is 0 Å². The number of allylic oxidation sites excluding steroid dienone is 1. The van der Waals surface area contributed by atoms with Crippen molar-refractivity contribution in [1.29, 1.82) is 0 Å². The average molecular weight is 348 g/mol. The van der Waals surface area contributed by atoms with Crippen LogP contribution >= 0.6 is 15.9 Å². The van der Waals surface area contributed by atoms with Crippen molar-refractivity contribution in [3.05, 3.63) is 71.6 Å². The first-order valence-electron chi connectivity index (χ1n) is 7.16. The highest BCUT2D eigenvalue weighted by Crippen LogP contribution is 2.35. The van der Waals surface area contributed by atoms with E-state index >= 15 is 0 Å². The highest BCUT2D eigenvalue weighted by atomic mass is 79.9. The summed E-state index contributed by atoms with van der Waals surface area (Å²) in [7, 11) is 0. The van der Waals surface area contributed by atoms with Gasteiger partial charge < -0.3 is 5.32 Å². The van der Waals surface area contributed by atoms with Crippen LogP contribution in [-0.2, 0) is 0 Å². The molecule has 3 heteroatoms. The second kappa shape index (κ2) is 7.41. The van der Waals surface area contributed by atoms with Crippen molar-refractivity contribution in [3.63, 3.8) is 0 Å². The van der Waals surface area contributed by atoms with Gasteiger partial charge in [0.2, 0.25) is 0 Å². The first-order valence-corrected chi connectivity index (χ1v) is 8.28. The predicted molar refractivity (Wildman–Crippen MR) is 92.3 cm³/mol. The van der Waals surface area contributed by atoms with Gasteiger partial charge in [-0.1, -0.05) is 66.2 Å². The van der Waals surface area contributed by atoms with Crippen LogP contribution in [0.3, 0.4) is 0 Å². The van der Waals surface area contributed by atoms with Gasteiger partial charge in [-0.25, -0.2) is 4.39 Å². The third-order valence-electron chi connectivity index (χ3n) is 3.32. The highest BCUT2D eigenvalue weighted by Gasteiger charge is 2.18. The lowest BCUT2D eigenvalue weighted by molar-refractivity contribution is 0.627. The Hall–Kier alpha value is -1.61. The number of rotatable bonds is 2. The second-order valence-electron chi connectivity index (χ2n) is 4.54. The van der Waals surface area contributed by atoms with Crippen LogP contribution in [0.4, 0.5) is 10.1 Å². The normalized spacial score (nSPS) is 16.0. The van der Waals surface area contributed by atoms with Gasteiger partial charge in [-0.05, 0) is 29.3 Å². The topological polar surface area (TPSA) is 12.0 Å². The zero-order chi connectivity index (χ0) is 15.2. The van der Waals surface area contributed by atoms with Gasteiger partial charge in [0, 0.05) is 16.6 Å². The third kappa shape index (κ3) is 3.53. The van der Waals surface area contributed by atoms with Gasteiger partial charge >= 0.3 is 0 Å². The van der Waals surface area contributed by atoms with Crippen LogP contribution < -0.4 is 5.32 Å². The average Bonchev–Trinajstić information content (AvgIpc) is 2.56. The molecule has 0 aliphatic carbocycles. The maximum atomic E-state index is 13.0. The summed E-state index contributed by atoms with van der Waals surface area (Å²) in [6.07, 6.45) is 2.18. The van der Waals surface area contributed by atoms with E-state index in [9.17, 15) is 4.39 Å². The Balaban J connectivity index is 0.000000774. The number of fused-ring (bicyclic) bond motifs is 1. The third-order valence-corrected chi connectivity index (χ3v) is 3.93. The Kier molecular flexibility index (Phi) is 5.57. The Labute approximate surface area is 134 Å². The van der Waals surface area contributed by atoms with E-state index in [1.54, 1.807) is 0 Å². The first kappa shape index (κ1) is 15.8. The van der Waals surface area contributed by atoms with Gasteiger partial charge in [0.15, 0.2) is 0 Å². The SMILES string of the molecule is CC.Fc1ccc(C2C=C(CBr)c3ccccc3N2)cc1. The van der Waals surface area contributed by atoms with Crippen molar-refractivity contribution in [1.82, 2.24) is 0 Å². The molecule has 110 valence electrons. The molecule has 0 radical (unpaired) electrons. The maximum absolute atomic E-state index is 13.0. The fourth-order valence-electron chi connectivity index (χ4n) is 2.36. The largest absolute Gasteiger partial charge is 0.374 e. The number of hydrogen-bond donors (Lipinski definition) is 1. The summed E-state index contributed by atoms with van der Waals surface area (Å²) in [5.41, 5.74) is 4.66. The molecule has 2 aromatic carbocycles. The lowest BCUT2D eigenvalue weighted by Crippen LogP contribution is -2.14. The summed E-state index contributed by atoms with van der Waals surface area (Å²) in [4.78, 5) is 0. The number of para-hydroxylation sites is 1. The van der Waals surface area contributed by atoms with Gasteiger partial charge in [-0.3, -0.25) is 0 Å². The van der Waals surface area contributed by atoms with E-state index in [0.717, 1.165) is 16.6 Å². The lowest BCUT2D eigenvalue weighted by atomic mass is 9.94. The molecule has 0 bridgehead atoms. The molecule has 0 spiro atoms. The summed E-state index contributed by atoms with van der Waals surface area (Å²) >= 11 is 3.54. The summed E-state index contributed by atoms with van der Waals surface area (Å²) in [5.74, 6) is -0.204. The van der Waals surface area contributed by atoms with Gasteiger partial charge in [0.25, 0.3) is 0 Å². The predicted octanol–water partition coefficient (Wildman–Crippen LogP) is 5.80. The van der Waals surface area contributed by atoms with Crippen LogP contribution in [0, 0.1) is 5.82 Å². The van der Waals surface area contributed by atoms with E-state index < -0.39 is 0 Å². The van der Waals surface area contributed by atoms with Gasteiger partial charge in [-0.15, -0.1) is 0 Å². The van der Waals surface area contributed by atoms with Crippen LogP contribution in [0.1, 0.15) is 31.0 Å². The van der Waals surface area contributed by atoms with E-state index in [-0.39, 0.29) is 11.9 Å². The van der Waals surface area contributed by atoms with Crippen molar-refractivity contribution < 1.29 is 4.39 Å². The minimum atomic E-state index is -0.204. The fourth-order valence-corrected chi connectivity index (χ4v) is 2.84. The zero-order valence-corrected chi connectivity index (χ0v) is 13.8.